The van der Waals surface area contributed by atoms with E-state index in [0.717, 1.165) is 6.07 Å². The average Bonchev–Trinajstić information content (AvgIpc) is 2.77. The molecule has 2 heterocycles. The number of anilines is 1. The number of aliphatic imine (C=N–C) groups is 1. The van der Waals surface area contributed by atoms with Gasteiger partial charge in [0.05, 0.1) is 11.6 Å². The molecule has 1 radical (unpaired) electrons. The predicted octanol–water partition coefficient (Wildman–Crippen LogP) is 2.24. The smallest absolute Gasteiger partial charge is 0.363 e. The van der Waals surface area contributed by atoms with Crippen LogP contribution in [-0.2, 0) is 19.4 Å². The van der Waals surface area contributed by atoms with Gasteiger partial charge in [-0.1, -0.05) is 11.6 Å². The summed E-state index contributed by atoms with van der Waals surface area (Å²) in [6, 6.07) is 2.11. The molecule has 23 heavy (non-hydrogen) atoms. The zero-order chi connectivity index (χ0) is 16.9. The van der Waals surface area contributed by atoms with Gasteiger partial charge >= 0.3 is 5.97 Å². The Bertz CT molecular complexity index is 892. The van der Waals surface area contributed by atoms with Gasteiger partial charge in [0.25, 0.3) is 5.84 Å². The third kappa shape index (κ3) is 2.46. The van der Waals surface area contributed by atoms with Gasteiger partial charge in [0, 0.05) is 19.1 Å². The Hall–Kier alpha value is -1.77. The molecule has 2 aliphatic rings. The van der Waals surface area contributed by atoms with Crippen LogP contribution in [0.25, 0.3) is 0 Å². The minimum absolute atomic E-state index is 0.0565. The molecule has 0 atom stereocenters. The van der Waals surface area contributed by atoms with Crippen molar-refractivity contribution in [2.45, 2.75) is 18.7 Å². The summed E-state index contributed by atoms with van der Waals surface area (Å²) in [5, 5.41) is -0.211. The number of amidine groups is 1. The molecule has 2 aliphatic heterocycles. The van der Waals surface area contributed by atoms with E-state index in [-0.39, 0.29) is 33.6 Å². The molecule has 0 amide bonds. The molecule has 0 saturated heterocycles. The van der Waals surface area contributed by atoms with Crippen molar-refractivity contribution in [2.75, 3.05) is 12.4 Å². The fourth-order valence-electron chi connectivity index (χ4n) is 2.59. The first-order valence-electron chi connectivity index (χ1n) is 6.73. The molecule has 1 aromatic carbocycles. The molecule has 0 aliphatic carbocycles. The second-order valence-corrected chi connectivity index (χ2v) is 7.37. The normalized spacial score (nSPS) is 19.2. The van der Waals surface area contributed by atoms with Crippen LogP contribution >= 0.6 is 11.6 Å². The van der Waals surface area contributed by atoms with Crippen LogP contribution in [0.3, 0.4) is 0 Å². The van der Waals surface area contributed by atoms with Gasteiger partial charge in [0.2, 0.25) is 17.1 Å². The number of esters is 1. The van der Waals surface area contributed by atoms with Gasteiger partial charge in [-0.05, 0) is 11.8 Å². The summed E-state index contributed by atoms with van der Waals surface area (Å²) in [5.41, 5.74) is 0.313. The maximum absolute atomic E-state index is 13.7. The van der Waals surface area contributed by atoms with Crippen LogP contribution in [-0.4, -0.2) is 32.6 Å². The van der Waals surface area contributed by atoms with E-state index in [1.165, 1.54) is 11.0 Å². The molecule has 0 N–H and O–H groups in total. The first-order chi connectivity index (χ1) is 10.8. The first kappa shape index (κ1) is 16.1. The molecule has 0 saturated carbocycles. The predicted molar refractivity (Wildman–Crippen MR) is 82.0 cm³/mol. The first-order valence-corrected chi connectivity index (χ1v) is 8.76. The summed E-state index contributed by atoms with van der Waals surface area (Å²) < 4.78 is 43.5. The third-order valence-electron chi connectivity index (χ3n) is 3.51. The maximum Gasteiger partial charge on any atom is 0.363 e. The highest BCUT2D eigenvalue weighted by Gasteiger charge is 2.50. The van der Waals surface area contributed by atoms with Crippen molar-refractivity contribution in [3.05, 3.63) is 34.4 Å². The Morgan fingerprint density at radius 2 is 2.17 bits per heavy atom. The zero-order valence-corrected chi connectivity index (χ0v) is 13.8. The second kappa shape index (κ2) is 5.40. The largest absolute Gasteiger partial charge is 0.461 e. The highest BCUT2D eigenvalue weighted by Crippen LogP contribution is 2.41. The van der Waals surface area contributed by atoms with E-state index in [0.29, 0.717) is 5.84 Å². The number of halogens is 2. The highest BCUT2D eigenvalue weighted by atomic mass is 35.5. The molecule has 6 nitrogen and oxygen atoms in total. The summed E-state index contributed by atoms with van der Waals surface area (Å²) in [6.45, 7) is 3.40. The topological polar surface area (TPSA) is 78.7 Å². The Labute approximate surface area is 137 Å². The van der Waals surface area contributed by atoms with Crippen LogP contribution in [0.4, 0.5) is 10.1 Å². The molecule has 0 bridgehead atoms. The van der Waals surface area contributed by atoms with Crippen molar-refractivity contribution in [3.63, 3.8) is 0 Å². The Morgan fingerprint density at radius 3 is 2.83 bits per heavy atom. The number of fused-ring (bicyclic) bond motifs is 3. The standard InChI is InChI=1S/C14H12ClFN2O4S/c1-3-22-14(19)13-11-6-23(20,21)12-5-9(16)8(15)4-10(12)18(11)7(2)17-13/h4-5H,3,6H2,1-2H3/q+1. The molecular weight excluding hydrogens is 347 g/mol. The maximum atomic E-state index is 13.7. The van der Waals surface area contributed by atoms with E-state index in [1.807, 2.05) is 0 Å². The number of hydrogen-bond acceptors (Lipinski definition) is 6. The molecule has 0 spiro atoms. The van der Waals surface area contributed by atoms with Gasteiger partial charge in [-0.25, -0.2) is 17.6 Å². The number of ether oxygens (including phenoxy) is 1. The lowest BCUT2D eigenvalue weighted by molar-refractivity contribution is -0.138. The molecule has 121 valence electrons. The van der Waals surface area contributed by atoms with Gasteiger partial charge in [0.15, 0.2) is 9.84 Å². The van der Waals surface area contributed by atoms with Crippen LogP contribution in [0, 0.1) is 5.82 Å². The van der Waals surface area contributed by atoms with Crippen molar-refractivity contribution in [1.29, 1.82) is 0 Å². The number of sulfone groups is 1. The monoisotopic (exact) mass is 358 g/mol. The third-order valence-corrected chi connectivity index (χ3v) is 5.45. The summed E-state index contributed by atoms with van der Waals surface area (Å²) in [4.78, 5) is 17.4. The van der Waals surface area contributed by atoms with Crippen LogP contribution in [0.1, 0.15) is 13.8 Å². The van der Waals surface area contributed by atoms with Crippen molar-refractivity contribution in [2.24, 2.45) is 4.99 Å². The van der Waals surface area contributed by atoms with E-state index in [2.05, 4.69) is 4.99 Å². The van der Waals surface area contributed by atoms with Gasteiger partial charge in [-0.15, -0.1) is 0 Å². The van der Waals surface area contributed by atoms with Gasteiger partial charge in [-0.2, -0.15) is 4.99 Å². The van der Waals surface area contributed by atoms with E-state index >= 15 is 0 Å². The van der Waals surface area contributed by atoms with Crippen LogP contribution in [0.15, 0.2) is 33.4 Å². The minimum atomic E-state index is -3.82. The Morgan fingerprint density at radius 1 is 1.48 bits per heavy atom. The molecule has 0 unspecified atom stereocenters. The molecule has 9 heteroatoms. The van der Waals surface area contributed by atoms with Crippen molar-refractivity contribution < 1.29 is 22.3 Å². The molecular formula is C14H12ClFN2O4S+. The lowest BCUT2D eigenvalue weighted by Crippen LogP contribution is -2.36. The summed E-state index contributed by atoms with van der Waals surface area (Å²) in [5.74, 6) is -1.59. The Balaban J connectivity index is 2.25. The van der Waals surface area contributed by atoms with Crippen molar-refractivity contribution >= 4 is 38.9 Å². The number of carbonyl (C=O) groups excluding carboxylic acids is 1. The van der Waals surface area contributed by atoms with E-state index in [1.54, 1.807) is 13.8 Å². The zero-order valence-electron chi connectivity index (χ0n) is 12.3. The summed E-state index contributed by atoms with van der Waals surface area (Å²) in [6.07, 6.45) is 0. The SMILES string of the molecule is CCOC(=O)C1=C2CS(=O)(=O)c3cc(F)c(Cl)cc3[N+]2C(C)=N1. The second-order valence-electron chi connectivity index (χ2n) is 5.00. The number of hydrogen-bond donors (Lipinski definition) is 0. The average molecular weight is 359 g/mol. The van der Waals surface area contributed by atoms with E-state index < -0.39 is 27.4 Å². The van der Waals surface area contributed by atoms with Gasteiger partial charge < -0.3 is 4.74 Å². The number of benzene rings is 1. The van der Waals surface area contributed by atoms with Crippen molar-refractivity contribution in [1.82, 2.24) is 4.90 Å². The lowest BCUT2D eigenvalue weighted by atomic mass is 10.2. The molecule has 3 rings (SSSR count). The van der Waals surface area contributed by atoms with E-state index in [9.17, 15) is 17.6 Å². The summed E-state index contributed by atoms with van der Waals surface area (Å²) in [7, 11) is -3.82. The fourth-order valence-corrected chi connectivity index (χ4v) is 4.28. The minimum Gasteiger partial charge on any atom is -0.461 e. The number of carbonyl (C=O) groups is 1. The fraction of sp³-hybridized carbons (Fsp3) is 0.286. The van der Waals surface area contributed by atoms with Crippen molar-refractivity contribution in [3.8, 4) is 0 Å². The molecule has 0 fully saturated rings. The van der Waals surface area contributed by atoms with Crippen LogP contribution in [0.5, 0.6) is 0 Å². The lowest BCUT2D eigenvalue weighted by Gasteiger charge is -2.18. The molecule has 1 aromatic rings. The highest BCUT2D eigenvalue weighted by molar-refractivity contribution is 7.91. The van der Waals surface area contributed by atoms with Gasteiger partial charge in [0.1, 0.15) is 16.5 Å². The number of rotatable bonds is 2. The van der Waals surface area contributed by atoms with Crippen LogP contribution in [0.2, 0.25) is 5.02 Å². The Kier molecular flexibility index (Phi) is 3.78. The van der Waals surface area contributed by atoms with Crippen LogP contribution < -0.4 is 4.90 Å². The van der Waals surface area contributed by atoms with Gasteiger partial charge in [-0.3, -0.25) is 0 Å². The molecule has 0 aromatic heterocycles. The summed E-state index contributed by atoms with van der Waals surface area (Å²) >= 11 is 5.78. The quantitative estimate of drug-likeness (QED) is 0.600. The van der Waals surface area contributed by atoms with E-state index in [4.69, 9.17) is 16.3 Å². The number of nitrogens with zero attached hydrogens (tertiary/aromatic N) is 2.